The van der Waals surface area contributed by atoms with E-state index in [-0.39, 0.29) is 23.2 Å². The van der Waals surface area contributed by atoms with Gasteiger partial charge in [-0.15, -0.1) is 0 Å². The van der Waals surface area contributed by atoms with Crippen LogP contribution in [0.2, 0.25) is 10.0 Å². The van der Waals surface area contributed by atoms with E-state index in [4.69, 9.17) is 27.9 Å². The quantitative estimate of drug-likeness (QED) is 0.370. The van der Waals surface area contributed by atoms with Gasteiger partial charge in [0.15, 0.2) is 5.69 Å². The summed E-state index contributed by atoms with van der Waals surface area (Å²) < 4.78 is 7.29. The van der Waals surface area contributed by atoms with Gasteiger partial charge in [-0.05, 0) is 35.2 Å². The van der Waals surface area contributed by atoms with Gasteiger partial charge in [-0.1, -0.05) is 68.2 Å². The van der Waals surface area contributed by atoms with Crippen LogP contribution in [0.1, 0.15) is 49.3 Å². The lowest BCUT2D eigenvalue weighted by molar-refractivity contribution is -0.137. The number of aromatic nitrogens is 2. The van der Waals surface area contributed by atoms with Crippen molar-refractivity contribution < 1.29 is 24.5 Å². The molecule has 3 rings (SSSR count). The molecule has 2 atom stereocenters. The largest absolute Gasteiger partial charge is 0.481 e. The van der Waals surface area contributed by atoms with Gasteiger partial charge in [-0.25, -0.2) is 4.68 Å². The van der Waals surface area contributed by atoms with E-state index in [9.17, 15) is 19.8 Å². The van der Waals surface area contributed by atoms with Crippen molar-refractivity contribution in [3.05, 3.63) is 75.9 Å². The van der Waals surface area contributed by atoms with E-state index in [1.165, 1.54) is 16.8 Å². The second kappa shape index (κ2) is 11.1. The molecular formula is C25H27Cl2N3O5. The Bertz CT molecular complexity index is 1190. The normalized spacial score (nSPS) is 13.2. The standard InChI is InChI=1S/C25H27Cl2N3O5/c1-25(2,3)21(31)14-35-22-12-20(29-30(22)16-7-5-4-6-8-16)24(34)28-19(13-23(32)33)17-10-9-15(26)11-18(17)27/h4-12,19,21,31H,13-14H2,1-3H3,(H,28,34)(H,32,33)/t19-,21+/m0/s1. The number of nitrogens with one attached hydrogen (secondary N) is 1. The predicted molar refractivity (Wildman–Crippen MR) is 133 cm³/mol. The van der Waals surface area contributed by atoms with Gasteiger partial charge < -0.3 is 20.3 Å². The summed E-state index contributed by atoms with van der Waals surface area (Å²) in [7, 11) is 0. The summed E-state index contributed by atoms with van der Waals surface area (Å²) in [6.45, 7) is 5.65. The molecule has 8 nitrogen and oxygen atoms in total. The molecule has 1 amide bonds. The van der Waals surface area contributed by atoms with E-state index in [1.54, 1.807) is 24.3 Å². The van der Waals surface area contributed by atoms with Gasteiger partial charge in [0, 0.05) is 16.1 Å². The molecule has 186 valence electrons. The highest BCUT2D eigenvalue weighted by Crippen LogP contribution is 2.29. The van der Waals surface area contributed by atoms with E-state index < -0.39 is 35.9 Å². The second-order valence-corrected chi connectivity index (χ2v) is 9.94. The Labute approximate surface area is 213 Å². The summed E-state index contributed by atoms with van der Waals surface area (Å²) in [6, 6.07) is 14.2. The van der Waals surface area contributed by atoms with Crippen molar-refractivity contribution in [2.24, 2.45) is 5.41 Å². The molecule has 0 aliphatic rings. The number of carboxylic acids is 1. The fraction of sp³-hybridized carbons (Fsp3) is 0.320. The summed E-state index contributed by atoms with van der Waals surface area (Å²) >= 11 is 12.2. The van der Waals surface area contributed by atoms with E-state index >= 15 is 0 Å². The number of carbonyl (C=O) groups is 2. The van der Waals surface area contributed by atoms with Crippen molar-refractivity contribution in [2.75, 3.05) is 6.61 Å². The van der Waals surface area contributed by atoms with Gasteiger partial charge in [0.25, 0.3) is 5.91 Å². The van der Waals surface area contributed by atoms with Crippen LogP contribution in [0.25, 0.3) is 5.69 Å². The van der Waals surface area contributed by atoms with Crippen LogP contribution in [0, 0.1) is 5.41 Å². The maximum absolute atomic E-state index is 13.1. The topological polar surface area (TPSA) is 114 Å². The van der Waals surface area contributed by atoms with Gasteiger partial charge in [-0.2, -0.15) is 5.10 Å². The number of ether oxygens (including phenoxy) is 1. The SMILES string of the molecule is CC(C)(C)[C@H](O)COc1cc(C(=O)N[C@@H](CC(=O)O)c2ccc(Cl)cc2Cl)nn1-c1ccccc1. The number of amides is 1. The Balaban J connectivity index is 1.91. The first kappa shape index (κ1) is 26.5. The number of carbonyl (C=O) groups excluding carboxylic acids is 1. The Morgan fingerprint density at radius 2 is 1.80 bits per heavy atom. The number of rotatable bonds is 9. The highest BCUT2D eigenvalue weighted by molar-refractivity contribution is 6.35. The van der Waals surface area contributed by atoms with Crippen LogP contribution in [0.3, 0.4) is 0 Å². The molecule has 0 fully saturated rings. The van der Waals surface area contributed by atoms with E-state index in [1.807, 2.05) is 39.0 Å². The number of hydrogen-bond donors (Lipinski definition) is 3. The smallest absolute Gasteiger partial charge is 0.305 e. The van der Waals surface area contributed by atoms with Crippen molar-refractivity contribution in [1.29, 1.82) is 0 Å². The molecule has 3 aromatic rings. The summed E-state index contributed by atoms with van der Waals surface area (Å²) in [4.78, 5) is 24.6. The lowest BCUT2D eigenvalue weighted by Crippen LogP contribution is -2.32. The minimum Gasteiger partial charge on any atom is -0.481 e. The predicted octanol–water partition coefficient (Wildman–Crippen LogP) is 4.91. The molecule has 0 saturated heterocycles. The molecule has 1 heterocycles. The van der Waals surface area contributed by atoms with Gasteiger partial charge in [0.05, 0.1) is 24.3 Å². The van der Waals surface area contributed by atoms with E-state index in [0.717, 1.165) is 0 Å². The second-order valence-electron chi connectivity index (χ2n) is 9.10. The van der Waals surface area contributed by atoms with Crippen molar-refractivity contribution in [3.8, 4) is 11.6 Å². The number of hydrogen-bond acceptors (Lipinski definition) is 5. The van der Waals surface area contributed by atoms with Crippen LogP contribution >= 0.6 is 23.2 Å². The Morgan fingerprint density at radius 3 is 2.40 bits per heavy atom. The third kappa shape index (κ3) is 6.97. The summed E-state index contributed by atoms with van der Waals surface area (Å²) in [6.07, 6.45) is -1.15. The number of aliphatic hydroxyl groups excluding tert-OH is 1. The van der Waals surface area contributed by atoms with E-state index in [2.05, 4.69) is 10.4 Å². The number of benzene rings is 2. The lowest BCUT2D eigenvalue weighted by atomic mass is 9.90. The molecule has 0 radical (unpaired) electrons. The van der Waals surface area contributed by atoms with Crippen LogP contribution in [-0.2, 0) is 4.79 Å². The maximum Gasteiger partial charge on any atom is 0.305 e. The van der Waals surface area contributed by atoms with Crippen molar-refractivity contribution >= 4 is 35.1 Å². The van der Waals surface area contributed by atoms with Crippen molar-refractivity contribution in [3.63, 3.8) is 0 Å². The van der Waals surface area contributed by atoms with Crippen molar-refractivity contribution in [1.82, 2.24) is 15.1 Å². The maximum atomic E-state index is 13.1. The molecule has 0 spiro atoms. The van der Waals surface area contributed by atoms with Gasteiger partial charge in [0.2, 0.25) is 5.88 Å². The van der Waals surface area contributed by atoms with Gasteiger partial charge in [0.1, 0.15) is 6.61 Å². The van der Waals surface area contributed by atoms with Crippen LogP contribution < -0.4 is 10.1 Å². The Kier molecular flexibility index (Phi) is 8.43. The average Bonchev–Trinajstić information content (AvgIpc) is 3.21. The lowest BCUT2D eigenvalue weighted by Gasteiger charge is -2.25. The van der Waals surface area contributed by atoms with Crippen molar-refractivity contribution in [2.45, 2.75) is 39.3 Å². The molecule has 0 saturated carbocycles. The summed E-state index contributed by atoms with van der Waals surface area (Å²) in [5.41, 5.74) is 0.669. The molecule has 2 aromatic carbocycles. The number of para-hydroxylation sites is 1. The molecule has 0 aliphatic heterocycles. The highest BCUT2D eigenvalue weighted by atomic mass is 35.5. The number of aliphatic carboxylic acids is 1. The molecule has 0 bridgehead atoms. The first-order valence-electron chi connectivity index (χ1n) is 10.9. The van der Waals surface area contributed by atoms with Crippen LogP contribution in [-0.4, -0.2) is 44.6 Å². The zero-order chi connectivity index (χ0) is 25.8. The summed E-state index contributed by atoms with van der Waals surface area (Å²) in [5.74, 6) is -1.47. The van der Waals surface area contributed by atoms with Crippen LogP contribution in [0.5, 0.6) is 5.88 Å². The van der Waals surface area contributed by atoms with E-state index in [0.29, 0.717) is 16.3 Å². The molecule has 10 heteroatoms. The molecule has 0 aliphatic carbocycles. The number of carboxylic acid groups (broad SMARTS) is 1. The van der Waals surface area contributed by atoms with Gasteiger partial charge in [-0.3, -0.25) is 9.59 Å². The van der Waals surface area contributed by atoms with Crippen LogP contribution in [0.4, 0.5) is 0 Å². The first-order valence-corrected chi connectivity index (χ1v) is 11.6. The number of nitrogens with zero attached hydrogens (tertiary/aromatic N) is 2. The minimum atomic E-state index is -1.11. The molecular weight excluding hydrogens is 493 g/mol. The minimum absolute atomic E-state index is 0.00882. The molecule has 1 aromatic heterocycles. The molecule has 3 N–H and O–H groups in total. The first-order chi connectivity index (χ1) is 16.5. The summed E-state index contributed by atoms with van der Waals surface area (Å²) in [5, 5.41) is 27.5. The zero-order valence-electron chi connectivity index (χ0n) is 19.5. The number of halogens is 2. The molecule has 35 heavy (non-hydrogen) atoms. The van der Waals surface area contributed by atoms with Gasteiger partial charge >= 0.3 is 5.97 Å². The Morgan fingerprint density at radius 1 is 1.11 bits per heavy atom. The third-order valence-corrected chi connectivity index (χ3v) is 5.88. The fourth-order valence-electron chi connectivity index (χ4n) is 3.18. The monoisotopic (exact) mass is 519 g/mol. The van der Waals surface area contributed by atoms with Crippen LogP contribution in [0.15, 0.2) is 54.6 Å². The zero-order valence-corrected chi connectivity index (χ0v) is 21.0. The molecule has 0 unspecified atom stereocenters. The number of aliphatic hydroxyl groups is 1. The third-order valence-electron chi connectivity index (χ3n) is 5.32. The Hall–Kier alpha value is -3.07. The average molecular weight is 520 g/mol. The highest BCUT2D eigenvalue weighted by Gasteiger charge is 2.26. The fourth-order valence-corrected chi connectivity index (χ4v) is 3.72.